The van der Waals surface area contributed by atoms with Gasteiger partial charge in [0.15, 0.2) is 0 Å². The van der Waals surface area contributed by atoms with Crippen LogP contribution in [-0.2, 0) is 16.1 Å². The van der Waals surface area contributed by atoms with Gasteiger partial charge in [-0.15, -0.1) is 0 Å². The third-order valence-electron chi connectivity index (χ3n) is 3.27. The SMILES string of the molecule is Cc1cc([N+](=O)[O-])ccc1NC(=O)C(=O)NCc1ccccc1Cl. The number of non-ortho nitro benzene ring substituents is 1. The molecule has 2 aromatic rings. The Bertz CT molecular complexity index is 808. The number of benzene rings is 2. The molecule has 0 heterocycles. The molecule has 0 aliphatic heterocycles. The van der Waals surface area contributed by atoms with Crippen LogP contribution in [-0.4, -0.2) is 16.7 Å². The summed E-state index contributed by atoms with van der Waals surface area (Å²) < 4.78 is 0. The minimum Gasteiger partial charge on any atom is -0.344 e. The molecule has 24 heavy (non-hydrogen) atoms. The summed E-state index contributed by atoms with van der Waals surface area (Å²) in [6.07, 6.45) is 0. The summed E-state index contributed by atoms with van der Waals surface area (Å²) in [6, 6.07) is 10.9. The maximum atomic E-state index is 11.9. The Morgan fingerprint density at radius 3 is 2.50 bits per heavy atom. The summed E-state index contributed by atoms with van der Waals surface area (Å²) in [7, 11) is 0. The van der Waals surface area contributed by atoms with Crippen LogP contribution >= 0.6 is 11.6 Å². The van der Waals surface area contributed by atoms with E-state index in [2.05, 4.69) is 10.6 Å². The number of nitro benzene ring substituents is 1. The molecule has 0 bridgehead atoms. The molecule has 0 atom stereocenters. The van der Waals surface area contributed by atoms with E-state index in [1.165, 1.54) is 18.2 Å². The van der Waals surface area contributed by atoms with Gasteiger partial charge in [0, 0.05) is 29.4 Å². The first-order chi connectivity index (χ1) is 11.4. The van der Waals surface area contributed by atoms with Crippen molar-refractivity contribution in [2.24, 2.45) is 0 Å². The first kappa shape index (κ1) is 17.4. The molecule has 2 rings (SSSR count). The van der Waals surface area contributed by atoms with E-state index >= 15 is 0 Å². The number of rotatable bonds is 4. The van der Waals surface area contributed by atoms with Crippen molar-refractivity contribution in [1.29, 1.82) is 0 Å². The third kappa shape index (κ3) is 4.30. The standard InChI is InChI=1S/C16H14ClN3O4/c1-10-8-12(20(23)24)6-7-14(10)19-16(22)15(21)18-9-11-4-2-3-5-13(11)17/h2-8H,9H2,1H3,(H,18,21)(H,19,22). The summed E-state index contributed by atoms with van der Waals surface area (Å²) in [4.78, 5) is 33.9. The molecule has 2 N–H and O–H groups in total. The van der Waals surface area contributed by atoms with Crippen molar-refractivity contribution < 1.29 is 14.5 Å². The lowest BCUT2D eigenvalue weighted by Gasteiger charge is -2.09. The summed E-state index contributed by atoms with van der Waals surface area (Å²) in [5.41, 5.74) is 1.41. The number of hydrogen-bond donors (Lipinski definition) is 2. The maximum absolute atomic E-state index is 11.9. The third-order valence-corrected chi connectivity index (χ3v) is 3.64. The van der Waals surface area contributed by atoms with E-state index in [0.717, 1.165) is 0 Å². The van der Waals surface area contributed by atoms with Crippen LogP contribution < -0.4 is 10.6 Å². The highest BCUT2D eigenvalue weighted by Crippen LogP contribution is 2.21. The molecule has 0 unspecified atom stereocenters. The largest absolute Gasteiger partial charge is 0.344 e. The van der Waals surface area contributed by atoms with Crippen LogP contribution in [0.4, 0.5) is 11.4 Å². The molecule has 2 aromatic carbocycles. The van der Waals surface area contributed by atoms with Crippen molar-refractivity contribution in [2.75, 3.05) is 5.32 Å². The summed E-state index contributed by atoms with van der Waals surface area (Å²) >= 11 is 5.97. The molecule has 0 fully saturated rings. The molecule has 0 aliphatic rings. The zero-order valence-electron chi connectivity index (χ0n) is 12.7. The van der Waals surface area contributed by atoms with Crippen molar-refractivity contribution in [3.63, 3.8) is 0 Å². The van der Waals surface area contributed by atoms with E-state index in [-0.39, 0.29) is 12.2 Å². The Labute approximate surface area is 142 Å². The van der Waals surface area contributed by atoms with Crippen LogP contribution in [0.5, 0.6) is 0 Å². The molecule has 2 amide bonds. The van der Waals surface area contributed by atoms with Crippen molar-refractivity contribution in [3.05, 3.63) is 68.7 Å². The molecule has 0 spiro atoms. The van der Waals surface area contributed by atoms with E-state index in [1.54, 1.807) is 31.2 Å². The second kappa shape index (κ2) is 7.56. The van der Waals surface area contributed by atoms with Gasteiger partial charge in [-0.1, -0.05) is 29.8 Å². The molecular weight excluding hydrogens is 334 g/mol. The van der Waals surface area contributed by atoms with Crippen LogP contribution in [0.15, 0.2) is 42.5 Å². The number of amides is 2. The smallest absolute Gasteiger partial charge is 0.313 e. The number of nitrogens with one attached hydrogen (secondary N) is 2. The van der Waals surface area contributed by atoms with Gasteiger partial charge in [-0.25, -0.2) is 0 Å². The predicted molar refractivity (Wildman–Crippen MR) is 89.8 cm³/mol. The van der Waals surface area contributed by atoms with Gasteiger partial charge in [0.1, 0.15) is 0 Å². The van der Waals surface area contributed by atoms with Gasteiger partial charge in [0.2, 0.25) is 0 Å². The summed E-state index contributed by atoms with van der Waals surface area (Å²) in [5.74, 6) is -1.69. The van der Waals surface area contributed by atoms with Gasteiger partial charge in [-0.2, -0.15) is 0 Å². The zero-order valence-corrected chi connectivity index (χ0v) is 13.5. The van der Waals surface area contributed by atoms with Crippen LogP contribution in [0.25, 0.3) is 0 Å². The quantitative estimate of drug-likeness (QED) is 0.504. The van der Waals surface area contributed by atoms with Crippen molar-refractivity contribution in [1.82, 2.24) is 5.32 Å². The lowest BCUT2D eigenvalue weighted by atomic mass is 10.2. The fraction of sp³-hybridized carbons (Fsp3) is 0.125. The minimum atomic E-state index is -0.862. The van der Waals surface area contributed by atoms with Crippen LogP contribution in [0.1, 0.15) is 11.1 Å². The zero-order chi connectivity index (χ0) is 17.7. The minimum absolute atomic E-state index is 0.0892. The van der Waals surface area contributed by atoms with Gasteiger partial charge >= 0.3 is 11.8 Å². The number of aryl methyl sites for hydroxylation is 1. The molecule has 0 aliphatic carbocycles. The number of nitro groups is 1. The van der Waals surface area contributed by atoms with E-state index in [1.807, 2.05) is 0 Å². The van der Waals surface area contributed by atoms with E-state index in [9.17, 15) is 19.7 Å². The fourth-order valence-electron chi connectivity index (χ4n) is 1.98. The van der Waals surface area contributed by atoms with Crippen LogP contribution in [0.2, 0.25) is 5.02 Å². The number of nitrogens with zero attached hydrogens (tertiary/aromatic N) is 1. The highest BCUT2D eigenvalue weighted by Gasteiger charge is 2.16. The topological polar surface area (TPSA) is 101 Å². The van der Waals surface area contributed by atoms with Gasteiger partial charge in [-0.05, 0) is 30.2 Å². The van der Waals surface area contributed by atoms with Crippen LogP contribution in [0.3, 0.4) is 0 Å². The lowest BCUT2D eigenvalue weighted by Crippen LogP contribution is -2.35. The molecule has 8 heteroatoms. The average Bonchev–Trinajstić information content (AvgIpc) is 2.55. The number of hydrogen-bond acceptors (Lipinski definition) is 4. The maximum Gasteiger partial charge on any atom is 0.313 e. The van der Waals surface area contributed by atoms with Gasteiger partial charge in [-0.3, -0.25) is 19.7 Å². The molecule has 0 aromatic heterocycles. The Kier molecular flexibility index (Phi) is 5.49. The van der Waals surface area contributed by atoms with E-state index < -0.39 is 16.7 Å². The Balaban J connectivity index is 1.98. The monoisotopic (exact) mass is 347 g/mol. The molecule has 124 valence electrons. The van der Waals surface area contributed by atoms with Gasteiger partial charge < -0.3 is 10.6 Å². The normalized spacial score (nSPS) is 10.1. The van der Waals surface area contributed by atoms with Crippen molar-refractivity contribution in [3.8, 4) is 0 Å². The molecule has 0 radical (unpaired) electrons. The van der Waals surface area contributed by atoms with E-state index in [0.29, 0.717) is 21.8 Å². The first-order valence-corrected chi connectivity index (χ1v) is 7.34. The highest BCUT2D eigenvalue weighted by atomic mass is 35.5. The lowest BCUT2D eigenvalue weighted by molar-refractivity contribution is -0.384. The van der Waals surface area contributed by atoms with Crippen LogP contribution in [0, 0.1) is 17.0 Å². The molecular formula is C16H14ClN3O4. The number of carbonyl (C=O) groups excluding carboxylic acids is 2. The van der Waals surface area contributed by atoms with Gasteiger partial charge in [0.05, 0.1) is 4.92 Å². The van der Waals surface area contributed by atoms with E-state index in [4.69, 9.17) is 11.6 Å². The Hall–Kier alpha value is -2.93. The summed E-state index contributed by atoms with van der Waals surface area (Å²) in [5, 5.41) is 16.1. The highest BCUT2D eigenvalue weighted by molar-refractivity contribution is 6.39. The average molecular weight is 348 g/mol. The van der Waals surface area contributed by atoms with Gasteiger partial charge in [0.25, 0.3) is 5.69 Å². The molecule has 7 nitrogen and oxygen atoms in total. The van der Waals surface area contributed by atoms with Crippen molar-refractivity contribution >= 4 is 34.8 Å². The Morgan fingerprint density at radius 1 is 1.17 bits per heavy atom. The second-order valence-electron chi connectivity index (χ2n) is 4.98. The number of carbonyl (C=O) groups is 2. The predicted octanol–water partition coefficient (Wildman–Crippen LogP) is 2.81. The van der Waals surface area contributed by atoms with Crippen molar-refractivity contribution in [2.45, 2.75) is 13.5 Å². The molecule has 0 saturated carbocycles. The summed E-state index contributed by atoms with van der Waals surface area (Å²) in [6.45, 7) is 1.72. The second-order valence-corrected chi connectivity index (χ2v) is 5.39. The first-order valence-electron chi connectivity index (χ1n) is 6.96. The molecule has 0 saturated heterocycles. The number of halogens is 1. The fourth-order valence-corrected chi connectivity index (χ4v) is 2.18. The Morgan fingerprint density at radius 2 is 1.88 bits per heavy atom. The number of anilines is 1.